The van der Waals surface area contributed by atoms with Crippen LogP contribution in [0.3, 0.4) is 0 Å². The molecular weight excluding hydrogens is 245 g/mol. The van der Waals surface area contributed by atoms with Crippen molar-refractivity contribution in [3.8, 4) is 18.1 Å². The number of terminal acetylenes is 1. The molecule has 1 fully saturated rings. The Morgan fingerprint density at radius 2 is 2.42 bits per heavy atom. The second-order valence-corrected chi connectivity index (χ2v) is 4.68. The molecule has 1 aliphatic rings. The predicted molar refractivity (Wildman–Crippen MR) is 72.8 cm³/mol. The third-order valence-corrected chi connectivity index (χ3v) is 3.10. The van der Waals surface area contributed by atoms with Crippen molar-refractivity contribution in [2.75, 3.05) is 18.5 Å². The molecule has 1 heterocycles. The van der Waals surface area contributed by atoms with Gasteiger partial charge in [-0.2, -0.15) is 0 Å². The molecule has 1 N–H and O–H groups in total. The maximum Gasteiger partial charge on any atom is 0.148 e. The summed E-state index contributed by atoms with van der Waals surface area (Å²) in [6.45, 7) is 2.92. The lowest BCUT2D eigenvalue weighted by Gasteiger charge is -2.29. The topological polar surface area (TPSA) is 30.5 Å². The first-order valence-corrected chi connectivity index (χ1v) is 6.43. The minimum atomic E-state index is -0.296. The lowest BCUT2D eigenvalue weighted by atomic mass is 10.0. The van der Waals surface area contributed by atoms with E-state index < -0.39 is 0 Å². The monoisotopic (exact) mass is 263 g/mol. The molecule has 1 aromatic carbocycles. The van der Waals surface area contributed by atoms with Gasteiger partial charge in [0, 0.05) is 18.7 Å². The summed E-state index contributed by atoms with van der Waals surface area (Å²) in [5.74, 6) is 2.69. The van der Waals surface area contributed by atoms with Crippen LogP contribution in [0, 0.1) is 18.2 Å². The fraction of sp³-hybridized carbons (Fsp3) is 0.467. The van der Waals surface area contributed by atoms with E-state index in [4.69, 9.17) is 15.9 Å². The Bertz CT molecular complexity index is 470. The summed E-state index contributed by atoms with van der Waals surface area (Å²) in [5.41, 5.74) is 0.648. The summed E-state index contributed by atoms with van der Waals surface area (Å²) in [4.78, 5) is 0. The Labute approximate surface area is 113 Å². The maximum absolute atomic E-state index is 13.3. The van der Waals surface area contributed by atoms with Crippen molar-refractivity contribution >= 4 is 5.69 Å². The van der Waals surface area contributed by atoms with Crippen LogP contribution in [0.1, 0.15) is 19.8 Å². The highest BCUT2D eigenvalue weighted by molar-refractivity contribution is 5.57. The van der Waals surface area contributed by atoms with Crippen LogP contribution in [-0.4, -0.2) is 25.4 Å². The first kappa shape index (κ1) is 13.7. The molecule has 0 saturated carbocycles. The van der Waals surface area contributed by atoms with Crippen LogP contribution in [0.4, 0.5) is 10.1 Å². The Morgan fingerprint density at radius 3 is 3.16 bits per heavy atom. The lowest BCUT2D eigenvalue weighted by Crippen LogP contribution is -2.32. The second kappa shape index (κ2) is 6.44. The van der Waals surface area contributed by atoms with Gasteiger partial charge in [0.2, 0.25) is 0 Å². The molecule has 0 amide bonds. The van der Waals surface area contributed by atoms with Crippen molar-refractivity contribution in [3.05, 3.63) is 24.0 Å². The number of rotatable bonds is 4. The molecule has 102 valence electrons. The predicted octanol–water partition coefficient (Wildman–Crippen LogP) is 2.82. The summed E-state index contributed by atoms with van der Waals surface area (Å²) < 4.78 is 24.2. The highest BCUT2D eigenvalue weighted by Crippen LogP contribution is 2.28. The molecule has 1 saturated heterocycles. The lowest BCUT2D eigenvalue weighted by molar-refractivity contribution is 0.0232. The fourth-order valence-electron chi connectivity index (χ4n) is 2.21. The van der Waals surface area contributed by atoms with Gasteiger partial charge in [-0.1, -0.05) is 5.92 Å². The summed E-state index contributed by atoms with van der Waals surface area (Å²) >= 11 is 0. The second-order valence-electron chi connectivity index (χ2n) is 4.68. The van der Waals surface area contributed by atoms with Gasteiger partial charge in [0.05, 0.1) is 11.8 Å². The van der Waals surface area contributed by atoms with Crippen LogP contribution in [-0.2, 0) is 4.74 Å². The van der Waals surface area contributed by atoms with Crippen molar-refractivity contribution in [2.24, 2.45) is 0 Å². The van der Waals surface area contributed by atoms with Gasteiger partial charge in [0.1, 0.15) is 18.2 Å². The Hall–Kier alpha value is -1.73. The molecule has 0 spiro atoms. The smallest absolute Gasteiger partial charge is 0.148 e. The average Bonchev–Trinajstić information content (AvgIpc) is 2.38. The SMILES string of the molecule is C#CCOc1ccc(F)cc1N[C@H]1CCO[C@H](C)C1. The number of anilines is 1. The molecule has 0 aromatic heterocycles. The minimum Gasteiger partial charge on any atom is -0.479 e. The summed E-state index contributed by atoms with van der Waals surface area (Å²) in [6.07, 6.45) is 7.18. The van der Waals surface area contributed by atoms with E-state index in [-0.39, 0.29) is 24.6 Å². The van der Waals surface area contributed by atoms with Gasteiger partial charge in [-0.15, -0.1) is 6.42 Å². The zero-order valence-electron chi connectivity index (χ0n) is 11.0. The van der Waals surface area contributed by atoms with E-state index in [2.05, 4.69) is 11.2 Å². The number of halogens is 1. The third-order valence-electron chi connectivity index (χ3n) is 3.10. The first-order chi connectivity index (χ1) is 9.19. The van der Waals surface area contributed by atoms with E-state index in [9.17, 15) is 4.39 Å². The highest BCUT2D eigenvalue weighted by atomic mass is 19.1. The first-order valence-electron chi connectivity index (χ1n) is 6.43. The molecule has 1 aromatic rings. The van der Waals surface area contributed by atoms with Gasteiger partial charge in [-0.05, 0) is 31.9 Å². The van der Waals surface area contributed by atoms with E-state index in [0.29, 0.717) is 18.0 Å². The highest BCUT2D eigenvalue weighted by Gasteiger charge is 2.20. The number of benzene rings is 1. The van der Waals surface area contributed by atoms with Gasteiger partial charge in [-0.25, -0.2) is 4.39 Å². The van der Waals surface area contributed by atoms with E-state index in [0.717, 1.165) is 12.8 Å². The van der Waals surface area contributed by atoms with Crippen molar-refractivity contribution in [2.45, 2.75) is 31.9 Å². The average molecular weight is 263 g/mol. The molecule has 19 heavy (non-hydrogen) atoms. The maximum atomic E-state index is 13.3. The van der Waals surface area contributed by atoms with Crippen LogP contribution in [0.2, 0.25) is 0 Å². The van der Waals surface area contributed by atoms with E-state index in [1.165, 1.54) is 12.1 Å². The summed E-state index contributed by atoms with van der Waals surface area (Å²) in [6, 6.07) is 4.66. The Morgan fingerprint density at radius 1 is 1.58 bits per heavy atom. The van der Waals surface area contributed by atoms with Crippen LogP contribution >= 0.6 is 0 Å². The molecule has 4 heteroatoms. The molecule has 0 radical (unpaired) electrons. The van der Waals surface area contributed by atoms with Crippen LogP contribution in [0.15, 0.2) is 18.2 Å². The molecule has 2 atom stereocenters. The summed E-state index contributed by atoms with van der Waals surface area (Å²) in [7, 11) is 0. The van der Waals surface area contributed by atoms with E-state index >= 15 is 0 Å². The molecule has 2 rings (SSSR count). The summed E-state index contributed by atoms with van der Waals surface area (Å²) in [5, 5.41) is 3.32. The van der Waals surface area contributed by atoms with Gasteiger partial charge in [-0.3, -0.25) is 0 Å². The molecule has 0 unspecified atom stereocenters. The van der Waals surface area contributed by atoms with Crippen molar-refractivity contribution in [1.82, 2.24) is 0 Å². The van der Waals surface area contributed by atoms with Crippen molar-refractivity contribution < 1.29 is 13.9 Å². The quantitative estimate of drug-likeness (QED) is 0.847. The van der Waals surface area contributed by atoms with E-state index in [1.807, 2.05) is 6.92 Å². The van der Waals surface area contributed by atoms with E-state index in [1.54, 1.807) is 6.07 Å². The van der Waals surface area contributed by atoms with Crippen LogP contribution in [0.25, 0.3) is 0 Å². The van der Waals surface area contributed by atoms with Gasteiger partial charge < -0.3 is 14.8 Å². The number of ether oxygens (including phenoxy) is 2. The standard InChI is InChI=1S/C15H18FNO2/c1-3-7-19-15-5-4-12(16)10-14(15)17-13-6-8-18-11(2)9-13/h1,4-5,10-11,13,17H,6-9H2,2H3/t11-,13+/m1/s1. The zero-order valence-corrected chi connectivity index (χ0v) is 11.0. The third kappa shape index (κ3) is 3.87. The van der Waals surface area contributed by atoms with Crippen molar-refractivity contribution in [1.29, 1.82) is 0 Å². The Balaban J connectivity index is 2.09. The molecule has 0 aliphatic carbocycles. The molecule has 0 bridgehead atoms. The molecule has 1 aliphatic heterocycles. The molecule has 3 nitrogen and oxygen atoms in total. The molecular formula is C15H18FNO2. The Kier molecular flexibility index (Phi) is 4.64. The number of nitrogens with one attached hydrogen (secondary N) is 1. The van der Waals surface area contributed by atoms with Gasteiger partial charge in [0.25, 0.3) is 0 Å². The minimum absolute atomic E-state index is 0.171. The number of hydrogen-bond donors (Lipinski definition) is 1. The van der Waals surface area contributed by atoms with Crippen molar-refractivity contribution in [3.63, 3.8) is 0 Å². The van der Waals surface area contributed by atoms with Crippen LogP contribution < -0.4 is 10.1 Å². The zero-order chi connectivity index (χ0) is 13.7. The van der Waals surface area contributed by atoms with Gasteiger partial charge in [0.15, 0.2) is 0 Å². The fourth-order valence-corrected chi connectivity index (χ4v) is 2.21. The van der Waals surface area contributed by atoms with Crippen LogP contribution in [0.5, 0.6) is 5.75 Å². The van der Waals surface area contributed by atoms with Gasteiger partial charge >= 0.3 is 0 Å². The normalized spacial score (nSPS) is 22.6. The largest absolute Gasteiger partial charge is 0.479 e. The number of hydrogen-bond acceptors (Lipinski definition) is 3.